The number of aromatic amines is 1. The van der Waals surface area contributed by atoms with Crippen LogP contribution in [0.4, 0.5) is 5.69 Å². The summed E-state index contributed by atoms with van der Waals surface area (Å²) < 4.78 is 1.76. The Morgan fingerprint density at radius 3 is 2.63 bits per heavy atom. The first-order chi connectivity index (χ1) is 13.1. The molecule has 140 valence electrons. The first-order valence-electron chi connectivity index (χ1n) is 8.77. The second kappa shape index (κ2) is 7.43. The molecule has 1 aliphatic heterocycles. The number of aromatic nitrogens is 4. The van der Waals surface area contributed by atoms with Gasteiger partial charge in [0.2, 0.25) is 11.7 Å². The zero-order valence-electron chi connectivity index (χ0n) is 15.0. The lowest BCUT2D eigenvalue weighted by Gasteiger charge is -2.36. The standard InChI is InChI=1S/C18H20N6O2S/c1-13-11-15(25)19-17-20-21-18(24(13)17)27-12-16(26)23-9-7-22(8-10-23)14-5-3-2-4-6-14/h2-6,11H,7-10,12H2,1H3,(H,19,20,25). The van der Waals surface area contributed by atoms with Gasteiger partial charge < -0.3 is 9.80 Å². The Morgan fingerprint density at radius 1 is 1.15 bits per heavy atom. The van der Waals surface area contributed by atoms with E-state index in [1.807, 2.05) is 30.0 Å². The smallest absolute Gasteiger partial charge is 0.252 e. The minimum Gasteiger partial charge on any atom is -0.368 e. The van der Waals surface area contributed by atoms with Crippen LogP contribution in [0.1, 0.15) is 5.69 Å². The van der Waals surface area contributed by atoms with Crippen LogP contribution in [0.5, 0.6) is 0 Å². The molecule has 1 amide bonds. The molecule has 1 saturated heterocycles. The van der Waals surface area contributed by atoms with Gasteiger partial charge >= 0.3 is 0 Å². The molecule has 0 unspecified atom stereocenters. The number of piperazine rings is 1. The number of carbonyl (C=O) groups excluding carboxylic acids is 1. The van der Waals surface area contributed by atoms with Crippen LogP contribution in [0.2, 0.25) is 0 Å². The highest BCUT2D eigenvalue weighted by Crippen LogP contribution is 2.19. The molecule has 0 saturated carbocycles. The van der Waals surface area contributed by atoms with Gasteiger partial charge in [0.15, 0.2) is 5.16 Å². The Hall–Kier alpha value is -2.81. The van der Waals surface area contributed by atoms with Crippen LogP contribution in [0.25, 0.3) is 5.78 Å². The van der Waals surface area contributed by atoms with Gasteiger partial charge in [-0.05, 0) is 19.1 Å². The van der Waals surface area contributed by atoms with Gasteiger partial charge in [-0.1, -0.05) is 30.0 Å². The van der Waals surface area contributed by atoms with Crippen molar-refractivity contribution in [1.82, 2.24) is 24.5 Å². The maximum absolute atomic E-state index is 12.6. The van der Waals surface area contributed by atoms with Crippen LogP contribution in [-0.2, 0) is 4.79 Å². The molecule has 1 fully saturated rings. The molecular formula is C18H20N6O2S. The number of anilines is 1. The van der Waals surface area contributed by atoms with Crippen LogP contribution in [0.3, 0.4) is 0 Å². The van der Waals surface area contributed by atoms with Gasteiger partial charge in [0.25, 0.3) is 5.56 Å². The van der Waals surface area contributed by atoms with Gasteiger partial charge in [-0.2, -0.15) is 0 Å². The SMILES string of the molecule is Cc1cc(=O)[nH]c2nnc(SCC(=O)N3CCN(c4ccccc4)CC3)n12. The molecule has 0 bridgehead atoms. The van der Waals surface area contributed by atoms with Gasteiger partial charge in [0, 0.05) is 43.6 Å². The van der Waals surface area contributed by atoms with Crippen molar-refractivity contribution in [3.8, 4) is 0 Å². The largest absolute Gasteiger partial charge is 0.368 e. The van der Waals surface area contributed by atoms with E-state index in [-0.39, 0.29) is 11.5 Å². The Balaban J connectivity index is 1.36. The summed E-state index contributed by atoms with van der Waals surface area (Å²) >= 11 is 1.34. The first-order valence-corrected chi connectivity index (χ1v) is 9.76. The van der Waals surface area contributed by atoms with E-state index >= 15 is 0 Å². The zero-order chi connectivity index (χ0) is 18.8. The summed E-state index contributed by atoms with van der Waals surface area (Å²) in [5.41, 5.74) is 1.72. The van der Waals surface area contributed by atoms with E-state index in [0.717, 1.165) is 18.8 Å². The minimum atomic E-state index is -0.212. The molecule has 2 aromatic heterocycles. The number of benzene rings is 1. The highest BCUT2D eigenvalue weighted by molar-refractivity contribution is 7.99. The summed E-state index contributed by atoms with van der Waals surface area (Å²) in [6.07, 6.45) is 0. The molecule has 27 heavy (non-hydrogen) atoms. The topological polar surface area (TPSA) is 86.6 Å². The third kappa shape index (κ3) is 3.68. The second-order valence-electron chi connectivity index (χ2n) is 6.41. The van der Waals surface area contributed by atoms with Crippen molar-refractivity contribution in [2.75, 3.05) is 36.8 Å². The van der Waals surface area contributed by atoms with Gasteiger partial charge in [-0.15, -0.1) is 10.2 Å². The van der Waals surface area contributed by atoms with Crippen molar-refractivity contribution >= 4 is 29.1 Å². The average molecular weight is 384 g/mol. The monoisotopic (exact) mass is 384 g/mol. The summed E-state index contributed by atoms with van der Waals surface area (Å²) in [5.74, 6) is 0.781. The number of nitrogens with one attached hydrogen (secondary N) is 1. The third-order valence-corrected chi connectivity index (χ3v) is 5.55. The molecule has 8 nitrogen and oxygen atoms in total. The number of carbonyl (C=O) groups is 1. The van der Waals surface area contributed by atoms with Crippen molar-refractivity contribution in [3.63, 3.8) is 0 Å². The molecule has 1 N–H and O–H groups in total. The first kappa shape index (κ1) is 17.6. The lowest BCUT2D eigenvalue weighted by molar-refractivity contribution is -0.128. The van der Waals surface area contributed by atoms with Gasteiger partial charge in [-0.3, -0.25) is 19.0 Å². The molecule has 0 spiro atoms. The summed E-state index contributed by atoms with van der Waals surface area (Å²) in [6, 6.07) is 11.7. The summed E-state index contributed by atoms with van der Waals surface area (Å²) in [5, 5.41) is 8.68. The summed E-state index contributed by atoms with van der Waals surface area (Å²) in [4.78, 5) is 30.9. The lowest BCUT2D eigenvalue weighted by Crippen LogP contribution is -2.49. The molecular weight excluding hydrogens is 364 g/mol. The number of rotatable bonds is 4. The molecule has 1 aromatic carbocycles. The number of aryl methyl sites for hydroxylation is 1. The minimum absolute atomic E-state index is 0.0894. The van der Waals surface area contributed by atoms with E-state index in [1.165, 1.54) is 23.5 Å². The predicted molar refractivity (Wildman–Crippen MR) is 104 cm³/mol. The lowest BCUT2D eigenvalue weighted by atomic mass is 10.2. The Labute approximate surface area is 160 Å². The van der Waals surface area contributed by atoms with Gasteiger partial charge in [0.05, 0.1) is 5.75 Å². The molecule has 1 aliphatic rings. The Morgan fingerprint density at radius 2 is 1.89 bits per heavy atom. The molecule has 0 radical (unpaired) electrons. The zero-order valence-corrected chi connectivity index (χ0v) is 15.8. The van der Waals surface area contributed by atoms with E-state index < -0.39 is 0 Å². The number of amides is 1. The Bertz CT molecular complexity index is 1010. The van der Waals surface area contributed by atoms with Crippen LogP contribution in [0, 0.1) is 6.92 Å². The maximum Gasteiger partial charge on any atom is 0.252 e. The van der Waals surface area contributed by atoms with E-state index in [2.05, 4.69) is 32.2 Å². The number of para-hydroxylation sites is 1. The molecule has 3 heterocycles. The van der Waals surface area contributed by atoms with Crippen molar-refractivity contribution in [1.29, 1.82) is 0 Å². The third-order valence-electron chi connectivity index (χ3n) is 4.64. The molecule has 3 aromatic rings. The highest BCUT2D eigenvalue weighted by Gasteiger charge is 2.22. The summed E-state index contributed by atoms with van der Waals surface area (Å²) in [6.45, 7) is 4.89. The predicted octanol–water partition coefficient (Wildman–Crippen LogP) is 1.17. The van der Waals surface area contributed by atoms with E-state index in [4.69, 9.17) is 0 Å². The van der Waals surface area contributed by atoms with Crippen molar-refractivity contribution < 1.29 is 4.79 Å². The fourth-order valence-corrected chi connectivity index (χ4v) is 4.13. The van der Waals surface area contributed by atoms with Gasteiger partial charge in [-0.25, -0.2) is 0 Å². The number of fused-ring (bicyclic) bond motifs is 1. The quantitative estimate of drug-likeness (QED) is 0.680. The fourth-order valence-electron chi connectivity index (χ4n) is 3.23. The van der Waals surface area contributed by atoms with Crippen molar-refractivity contribution in [2.45, 2.75) is 12.1 Å². The van der Waals surface area contributed by atoms with Crippen LogP contribution in [-0.4, -0.2) is 62.3 Å². The number of H-pyrrole nitrogens is 1. The van der Waals surface area contributed by atoms with E-state index in [1.54, 1.807) is 4.40 Å². The molecule has 4 rings (SSSR count). The number of hydrogen-bond donors (Lipinski definition) is 1. The number of nitrogens with zero attached hydrogens (tertiary/aromatic N) is 5. The van der Waals surface area contributed by atoms with E-state index in [9.17, 15) is 9.59 Å². The fraction of sp³-hybridized carbons (Fsp3) is 0.333. The molecule has 9 heteroatoms. The average Bonchev–Trinajstić information content (AvgIpc) is 3.10. The maximum atomic E-state index is 12.6. The molecule has 0 aliphatic carbocycles. The second-order valence-corrected chi connectivity index (χ2v) is 7.35. The normalized spacial score (nSPS) is 14.7. The Kier molecular flexibility index (Phi) is 4.85. The highest BCUT2D eigenvalue weighted by atomic mass is 32.2. The number of hydrogen-bond acceptors (Lipinski definition) is 6. The van der Waals surface area contributed by atoms with Crippen molar-refractivity contribution in [2.24, 2.45) is 0 Å². The van der Waals surface area contributed by atoms with Crippen molar-refractivity contribution in [3.05, 3.63) is 52.4 Å². The van der Waals surface area contributed by atoms with Crippen LogP contribution < -0.4 is 10.5 Å². The van der Waals surface area contributed by atoms with Crippen LogP contribution in [0.15, 0.2) is 46.3 Å². The number of thioether (sulfide) groups is 1. The van der Waals surface area contributed by atoms with E-state index in [0.29, 0.717) is 29.8 Å². The van der Waals surface area contributed by atoms with Gasteiger partial charge in [0.1, 0.15) is 0 Å². The summed E-state index contributed by atoms with van der Waals surface area (Å²) in [7, 11) is 0. The molecule has 0 atom stereocenters. The van der Waals surface area contributed by atoms with Crippen LogP contribution >= 0.6 is 11.8 Å².